The zero-order valence-corrected chi connectivity index (χ0v) is 7.78. The fourth-order valence-electron chi connectivity index (χ4n) is 1.04. The maximum absolute atomic E-state index is 12.8. The van der Waals surface area contributed by atoms with Crippen molar-refractivity contribution in [2.75, 3.05) is 0 Å². The Bertz CT molecular complexity index is 420. The molecule has 0 radical (unpaired) electrons. The fourth-order valence-corrected chi connectivity index (χ4v) is 1.51. The summed E-state index contributed by atoms with van der Waals surface area (Å²) in [6.07, 6.45) is 1.51. The molecule has 6 heteroatoms. The highest BCUT2D eigenvalue weighted by Crippen LogP contribution is 2.20. The molecule has 1 unspecified atom stereocenters. The van der Waals surface area contributed by atoms with E-state index in [4.69, 9.17) is 0 Å². The molecule has 0 aliphatic rings. The first-order valence-electron chi connectivity index (χ1n) is 3.83. The number of nitrogens with zero attached hydrogens (tertiary/aromatic N) is 3. The Balaban J connectivity index is 2.32. The maximum atomic E-state index is 12.8. The molecule has 0 aromatic carbocycles. The average Bonchev–Trinajstić information content (AvgIpc) is 2.69. The van der Waals surface area contributed by atoms with Crippen molar-refractivity contribution < 1.29 is 9.50 Å². The number of halogens is 1. The quantitative estimate of drug-likeness (QED) is 0.809. The molecular weight excluding hydrogens is 205 g/mol. The van der Waals surface area contributed by atoms with Gasteiger partial charge in [0, 0.05) is 17.1 Å². The monoisotopic (exact) mass is 211 g/mol. The van der Waals surface area contributed by atoms with Gasteiger partial charge in [-0.05, 0) is 17.6 Å². The normalized spacial score (nSPS) is 12.7. The van der Waals surface area contributed by atoms with Crippen molar-refractivity contribution in [1.29, 1.82) is 0 Å². The Labute approximate surface area is 83.2 Å². The molecule has 0 fully saturated rings. The molecule has 14 heavy (non-hydrogen) atoms. The van der Waals surface area contributed by atoms with Crippen LogP contribution in [0.15, 0.2) is 23.8 Å². The van der Waals surface area contributed by atoms with Crippen molar-refractivity contribution in [3.63, 3.8) is 0 Å². The summed E-state index contributed by atoms with van der Waals surface area (Å²) in [5, 5.41) is 15.0. The van der Waals surface area contributed by atoms with Gasteiger partial charge in [-0.3, -0.25) is 4.98 Å². The summed E-state index contributed by atoms with van der Waals surface area (Å²) in [6.45, 7) is 0. The summed E-state index contributed by atoms with van der Waals surface area (Å²) in [5.74, 6) is -0.482. The molecule has 2 rings (SSSR count). The number of pyridine rings is 1. The molecule has 72 valence electrons. The average molecular weight is 211 g/mol. The van der Waals surface area contributed by atoms with Crippen LogP contribution in [0.1, 0.15) is 17.4 Å². The number of hydrogen-bond donors (Lipinski definition) is 1. The maximum Gasteiger partial charge on any atom is 0.141 e. The standard InChI is InChI=1S/C8H6FN3OS/c9-6-1-5(2-10-3-6)8(13)7-4-14-12-11-7/h1-4,8,13H. The van der Waals surface area contributed by atoms with E-state index in [2.05, 4.69) is 14.6 Å². The lowest BCUT2D eigenvalue weighted by molar-refractivity contribution is 0.214. The molecule has 0 aliphatic heterocycles. The molecule has 4 nitrogen and oxygen atoms in total. The highest BCUT2D eigenvalue weighted by atomic mass is 32.1. The highest BCUT2D eigenvalue weighted by Gasteiger charge is 2.13. The lowest BCUT2D eigenvalue weighted by Crippen LogP contribution is -2.01. The third-order valence-corrected chi connectivity index (χ3v) is 2.22. The second-order valence-corrected chi connectivity index (χ2v) is 3.28. The van der Waals surface area contributed by atoms with E-state index in [0.29, 0.717) is 11.3 Å². The zero-order chi connectivity index (χ0) is 9.97. The largest absolute Gasteiger partial charge is 0.382 e. The fraction of sp³-hybridized carbons (Fsp3) is 0.125. The summed E-state index contributed by atoms with van der Waals surface area (Å²) in [7, 11) is 0. The minimum atomic E-state index is -0.961. The van der Waals surface area contributed by atoms with E-state index in [-0.39, 0.29) is 0 Å². The lowest BCUT2D eigenvalue weighted by Gasteiger charge is -2.05. The van der Waals surface area contributed by atoms with Crippen LogP contribution in [-0.4, -0.2) is 19.7 Å². The Morgan fingerprint density at radius 3 is 2.93 bits per heavy atom. The number of aliphatic hydroxyl groups excluding tert-OH is 1. The second kappa shape index (κ2) is 3.77. The van der Waals surface area contributed by atoms with Crippen molar-refractivity contribution in [1.82, 2.24) is 14.6 Å². The molecule has 0 saturated carbocycles. The van der Waals surface area contributed by atoms with Gasteiger partial charge in [0.15, 0.2) is 0 Å². The van der Waals surface area contributed by atoms with Crippen LogP contribution < -0.4 is 0 Å². The van der Waals surface area contributed by atoms with Gasteiger partial charge in [-0.1, -0.05) is 4.49 Å². The van der Waals surface area contributed by atoms with Crippen molar-refractivity contribution in [2.24, 2.45) is 0 Å². The van der Waals surface area contributed by atoms with Gasteiger partial charge in [-0.15, -0.1) is 5.10 Å². The van der Waals surface area contributed by atoms with Gasteiger partial charge in [0.2, 0.25) is 0 Å². The predicted molar refractivity (Wildman–Crippen MR) is 48.2 cm³/mol. The Kier molecular flexibility index (Phi) is 2.47. The molecule has 1 N–H and O–H groups in total. The van der Waals surface area contributed by atoms with Crippen LogP contribution in [0.3, 0.4) is 0 Å². The predicted octanol–water partition coefficient (Wildman–Crippen LogP) is 1.15. The zero-order valence-electron chi connectivity index (χ0n) is 6.96. The summed E-state index contributed by atoms with van der Waals surface area (Å²) < 4.78 is 16.4. The van der Waals surface area contributed by atoms with E-state index in [1.54, 1.807) is 5.38 Å². The van der Waals surface area contributed by atoms with Crippen LogP contribution in [0.2, 0.25) is 0 Å². The third-order valence-electron chi connectivity index (χ3n) is 1.70. The van der Waals surface area contributed by atoms with E-state index in [1.807, 2.05) is 0 Å². The molecule has 2 aromatic heterocycles. The van der Waals surface area contributed by atoms with Gasteiger partial charge in [-0.25, -0.2) is 4.39 Å². The first-order valence-corrected chi connectivity index (χ1v) is 4.66. The first kappa shape index (κ1) is 9.17. The van der Waals surface area contributed by atoms with Crippen LogP contribution >= 0.6 is 11.5 Å². The first-order chi connectivity index (χ1) is 6.77. The third kappa shape index (κ3) is 1.75. The molecule has 0 bridgehead atoms. The highest BCUT2D eigenvalue weighted by molar-refractivity contribution is 7.03. The van der Waals surface area contributed by atoms with E-state index in [1.165, 1.54) is 12.3 Å². The number of hydrogen-bond acceptors (Lipinski definition) is 5. The Morgan fingerprint density at radius 1 is 1.43 bits per heavy atom. The molecule has 2 aromatic rings. The van der Waals surface area contributed by atoms with Crippen LogP contribution in [-0.2, 0) is 0 Å². The van der Waals surface area contributed by atoms with E-state index < -0.39 is 11.9 Å². The summed E-state index contributed by atoms with van der Waals surface area (Å²) in [4.78, 5) is 3.64. The molecular formula is C8H6FN3OS. The van der Waals surface area contributed by atoms with Crippen molar-refractivity contribution in [3.8, 4) is 0 Å². The summed E-state index contributed by atoms with van der Waals surface area (Å²) in [5.41, 5.74) is 0.778. The van der Waals surface area contributed by atoms with E-state index in [0.717, 1.165) is 17.7 Å². The molecule has 0 amide bonds. The topological polar surface area (TPSA) is 58.9 Å². The van der Waals surface area contributed by atoms with Crippen LogP contribution in [0.25, 0.3) is 0 Å². The van der Waals surface area contributed by atoms with Gasteiger partial charge in [0.05, 0.1) is 6.20 Å². The van der Waals surface area contributed by atoms with Crippen molar-refractivity contribution in [3.05, 3.63) is 40.9 Å². The van der Waals surface area contributed by atoms with Crippen LogP contribution in [0.4, 0.5) is 4.39 Å². The van der Waals surface area contributed by atoms with Crippen LogP contribution in [0, 0.1) is 5.82 Å². The molecule has 0 spiro atoms. The van der Waals surface area contributed by atoms with Crippen molar-refractivity contribution in [2.45, 2.75) is 6.10 Å². The van der Waals surface area contributed by atoms with E-state index in [9.17, 15) is 9.50 Å². The van der Waals surface area contributed by atoms with Crippen molar-refractivity contribution >= 4 is 11.5 Å². The van der Waals surface area contributed by atoms with Gasteiger partial charge in [0.1, 0.15) is 17.6 Å². The number of aliphatic hydroxyl groups is 1. The minimum absolute atomic E-state index is 0.373. The molecule has 2 heterocycles. The van der Waals surface area contributed by atoms with Gasteiger partial charge >= 0.3 is 0 Å². The molecule has 0 saturated heterocycles. The SMILES string of the molecule is OC(c1cncc(F)c1)c1csnn1. The molecule has 1 atom stereocenters. The Hall–Kier alpha value is -1.40. The smallest absolute Gasteiger partial charge is 0.141 e. The van der Waals surface area contributed by atoms with Gasteiger partial charge in [0.25, 0.3) is 0 Å². The summed E-state index contributed by atoms with van der Waals surface area (Å²) in [6, 6.07) is 1.22. The number of aromatic nitrogens is 3. The van der Waals surface area contributed by atoms with Gasteiger partial charge < -0.3 is 5.11 Å². The minimum Gasteiger partial charge on any atom is -0.382 e. The molecule has 0 aliphatic carbocycles. The summed E-state index contributed by atoms with van der Waals surface area (Å²) >= 11 is 1.13. The number of rotatable bonds is 2. The lowest BCUT2D eigenvalue weighted by atomic mass is 10.1. The second-order valence-electron chi connectivity index (χ2n) is 2.67. The van der Waals surface area contributed by atoms with E-state index >= 15 is 0 Å². The van der Waals surface area contributed by atoms with Crippen LogP contribution in [0.5, 0.6) is 0 Å². The van der Waals surface area contributed by atoms with Gasteiger partial charge in [-0.2, -0.15) is 0 Å². The Morgan fingerprint density at radius 2 is 2.29 bits per heavy atom.